The maximum absolute atomic E-state index is 5.16. The van der Waals surface area contributed by atoms with Gasteiger partial charge in [0.25, 0.3) is 0 Å². The van der Waals surface area contributed by atoms with Crippen molar-refractivity contribution in [2.75, 3.05) is 0 Å². The molecule has 194 valence electrons. The minimum absolute atomic E-state index is 0.388. The Morgan fingerprint density at radius 2 is 1.12 bits per heavy atom. The summed E-state index contributed by atoms with van der Waals surface area (Å²) in [5.74, 6) is 1.63. The Morgan fingerprint density at radius 3 is 1.88 bits per heavy atom. The van der Waals surface area contributed by atoms with Crippen molar-refractivity contribution in [3.05, 3.63) is 162 Å². The van der Waals surface area contributed by atoms with E-state index < -0.39 is 0 Å². The van der Waals surface area contributed by atoms with E-state index in [2.05, 4.69) is 137 Å². The Balaban J connectivity index is 1.28. The molecule has 0 aliphatic carbocycles. The van der Waals surface area contributed by atoms with Gasteiger partial charge in [-0.15, -0.1) is 0 Å². The van der Waals surface area contributed by atoms with Gasteiger partial charge in [0.05, 0.1) is 11.0 Å². The fraction of sp³-hybridized carbons (Fsp3) is 0.0270. The van der Waals surface area contributed by atoms with Crippen LogP contribution in [0.15, 0.2) is 156 Å². The summed E-state index contributed by atoms with van der Waals surface area (Å²) >= 11 is 0. The molecule has 0 fully saturated rings. The summed E-state index contributed by atoms with van der Waals surface area (Å²) in [6.07, 6.45) is -0.388. The largest absolute Gasteiger partial charge is 0.324 e. The zero-order chi connectivity index (χ0) is 27.2. The van der Waals surface area contributed by atoms with Crippen molar-refractivity contribution in [2.45, 2.75) is 6.17 Å². The van der Waals surface area contributed by atoms with Crippen LogP contribution < -0.4 is 5.32 Å². The second-order valence-corrected chi connectivity index (χ2v) is 10.3. The molecule has 1 unspecified atom stereocenters. The van der Waals surface area contributed by atoms with Crippen molar-refractivity contribution >= 4 is 44.2 Å². The molecule has 2 heterocycles. The maximum atomic E-state index is 5.16. The third kappa shape index (κ3) is 4.09. The molecular weight excluding hydrogens is 500 g/mol. The molecule has 1 N–H and O–H groups in total. The normalized spacial score (nSPS) is 15.1. The van der Waals surface area contributed by atoms with E-state index in [1.54, 1.807) is 0 Å². The summed E-state index contributed by atoms with van der Waals surface area (Å²) in [4.78, 5) is 10.3. The highest BCUT2D eigenvalue weighted by molar-refractivity contribution is 6.16. The fourth-order valence-corrected chi connectivity index (χ4v) is 5.85. The molecular formula is C37H26N4. The van der Waals surface area contributed by atoms with Gasteiger partial charge in [-0.2, -0.15) is 0 Å². The number of benzene rings is 6. The first kappa shape index (κ1) is 23.4. The van der Waals surface area contributed by atoms with Crippen LogP contribution >= 0.6 is 0 Å². The molecule has 1 aliphatic rings. The third-order valence-corrected chi connectivity index (χ3v) is 7.82. The number of amidine groups is 2. The molecule has 41 heavy (non-hydrogen) atoms. The van der Waals surface area contributed by atoms with Crippen LogP contribution in [0.25, 0.3) is 38.3 Å². The molecule has 6 aromatic carbocycles. The average Bonchev–Trinajstić information content (AvgIpc) is 3.39. The molecule has 1 aromatic heterocycles. The Bertz CT molecular complexity index is 2080. The van der Waals surface area contributed by atoms with E-state index in [-0.39, 0.29) is 6.17 Å². The van der Waals surface area contributed by atoms with E-state index in [0.29, 0.717) is 0 Å². The second-order valence-electron chi connectivity index (χ2n) is 10.3. The Hall–Kier alpha value is -5.48. The molecule has 0 radical (unpaired) electrons. The van der Waals surface area contributed by atoms with Gasteiger partial charge >= 0.3 is 0 Å². The number of hydrogen-bond donors (Lipinski definition) is 1. The molecule has 4 heteroatoms. The molecule has 4 nitrogen and oxygen atoms in total. The van der Waals surface area contributed by atoms with Gasteiger partial charge in [-0.1, -0.05) is 115 Å². The number of aromatic nitrogens is 1. The molecule has 8 rings (SSSR count). The highest BCUT2D eigenvalue weighted by Crippen LogP contribution is 2.33. The van der Waals surface area contributed by atoms with Gasteiger partial charge in [-0.25, -0.2) is 9.98 Å². The number of para-hydroxylation sites is 2. The zero-order valence-corrected chi connectivity index (χ0v) is 22.3. The van der Waals surface area contributed by atoms with Gasteiger partial charge in [-0.05, 0) is 41.1 Å². The van der Waals surface area contributed by atoms with Crippen LogP contribution in [-0.2, 0) is 0 Å². The number of nitrogens with zero attached hydrogens (tertiary/aromatic N) is 3. The third-order valence-electron chi connectivity index (χ3n) is 7.82. The molecule has 0 saturated carbocycles. The maximum Gasteiger partial charge on any atom is 0.169 e. The summed E-state index contributed by atoms with van der Waals surface area (Å²) in [5.41, 5.74) is 6.57. The van der Waals surface area contributed by atoms with E-state index in [0.717, 1.165) is 34.0 Å². The van der Waals surface area contributed by atoms with Crippen molar-refractivity contribution in [1.29, 1.82) is 0 Å². The minimum atomic E-state index is -0.388. The van der Waals surface area contributed by atoms with Gasteiger partial charge in [0.15, 0.2) is 6.17 Å². The summed E-state index contributed by atoms with van der Waals surface area (Å²) in [6.45, 7) is 0. The van der Waals surface area contributed by atoms with Crippen LogP contribution in [0.1, 0.15) is 22.9 Å². The van der Waals surface area contributed by atoms with Crippen LogP contribution in [0.5, 0.6) is 0 Å². The van der Waals surface area contributed by atoms with E-state index in [1.807, 2.05) is 18.2 Å². The molecule has 0 saturated heterocycles. The standard InChI is InChI=1S/C37H26N4/c1-2-12-26(13-3-1)35-38-36(40-37(39-35)29-22-21-25-11-4-5-14-27(25)23-29)28-15-10-16-30(24-28)41-33-19-8-6-17-31(33)32-18-7-9-20-34(32)41/h1-24,36H,(H,38,39,40). The highest BCUT2D eigenvalue weighted by atomic mass is 15.2. The summed E-state index contributed by atoms with van der Waals surface area (Å²) in [6, 6.07) is 51.0. The molecule has 7 aromatic rings. The number of nitrogens with one attached hydrogen (secondary N) is 1. The quantitative estimate of drug-likeness (QED) is 0.246. The zero-order valence-electron chi connectivity index (χ0n) is 22.3. The van der Waals surface area contributed by atoms with Crippen LogP contribution in [-0.4, -0.2) is 16.2 Å². The first-order chi connectivity index (χ1) is 20.3. The SMILES string of the molecule is c1ccc(C2=NC(c3cccc(-n4c5ccccc5c5ccccc54)c3)N=C(c3ccc4ccccc4c3)N2)cc1. The van der Waals surface area contributed by atoms with Crippen LogP contribution in [0.3, 0.4) is 0 Å². The van der Waals surface area contributed by atoms with Gasteiger partial charge in [0.2, 0.25) is 0 Å². The lowest BCUT2D eigenvalue weighted by Gasteiger charge is -2.23. The lowest BCUT2D eigenvalue weighted by Crippen LogP contribution is -2.36. The van der Waals surface area contributed by atoms with Crippen molar-refractivity contribution < 1.29 is 0 Å². The predicted molar refractivity (Wildman–Crippen MR) is 170 cm³/mol. The van der Waals surface area contributed by atoms with Crippen LogP contribution in [0, 0.1) is 0 Å². The Kier molecular flexibility index (Phi) is 5.49. The minimum Gasteiger partial charge on any atom is -0.324 e. The smallest absolute Gasteiger partial charge is 0.169 e. The van der Waals surface area contributed by atoms with E-state index in [1.165, 1.54) is 32.6 Å². The monoisotopic (exact) mass is 526 g/mol. The van der Waals surface area contributed by atoms with Gasteiger partial charge < -0.3 is 9.88 Å². The van der Waals surface area contributed by atoms with Crippen molar-refractivity contribution in [3.63, 3.8) is 0 Å². The molecule has 1 atom stereocenters. The summed E-state index contributed by atoms with van der Waals surface area (Å²) in [5, 5.41) is 8.42. The van der Waals surface area contributed by atoms with Crippen molar-refractivity contribution in [1.82, 2.24) is 9.88 Å². The van der Waals surface area contributed by atoms with Crippen LogP contribution in [0.2, 0.25) is 0 Å². The number of fused-ring (bicyclic) bond motifs is 4. The van der Waals surface area contributed by atoms with E-state index >= 15 is 0 Å². The topological polar surface area (TPSA) is 41.7 Å². The average molecular weight is 527 g/mol. The Labute approximate surface area is 237 Å². The molecule has 0 amide bonds. The summed E-state index contributed by atoms with van der Waals surface area (Å²) in [7, 11) is 0. The summed E-state index contributed by atoms with van der Waals surface area (Å²) < 4.78 is 2.34. The number of rotatable bonds is 4. The molecule has 0 spiro atoms. The first-order valence-corrected chi connectivity index (χ1v) is 13.9. The van der Waals surface area contributed by atoms with E-state index in [9.17, 15) is 0 Å². The van der Waals surface area contributed by atoms with Gasteiger partial charge in [0.1, 0.15) is 11.7 Å². The lowest BCUT2D eigenvalue weighted by molar-refractivity contribution is 0.755. The fourth-order valence-electron chi connectivity index (χ4n) is 5.85. The second kappa shape index (κ2) is 9.61. The Morgan fingerprint density at radius 1 is 0.488 bits per heavy atom. The number of hydrogen-bond acceptors (Lipinski definition) is 3. The van der Waals surface area contributed by atoms with Crippen molar-refractivity contribution in [3.8, 4) is 5.69 Å². The molecule has 1 aliphatic heterocycles. The molecule has 0 bridgehead atoms. The predicted octanol–water partition coefficient (Wildman–Crippen LogP) is 8.43. The lowest BCUT2D eigenvalue weighted by atomic mass is 10.0. The van der Waals surface area contributed by atoms with E-state index in [4.69, 9.17) is 9.98 Å². The highest BCUT2D eigenvalue weighted by Gasteiger charge is 2.22. The number of aliphatic imine (C=N–C) groups is 2. The van der Waals surface area contributed by atoms with Crippen LogP contribution in [0.4, 0.5) is 0 Å². The first-order valence-electron chi connectivity index (χ1n) is 13.9. The van der Waals surface area contributed by atoms with Gasteiger partial charge in [-0.3, -0.25) is 0 Å². The van der Waals surface area contributed by atoms with Crippen molar-refractivity contribution in [2.24, 2.45) is 9.98 Å². The van der Waals surface area contributed by atoms with Gasteiger partial charge in [0, 0.05) is 33.2 Å².